The predicted octanol–water partition coefficient (Wildman–Crippen LogP) is 4.84. The Balaban J connectivity index is 2.11. The number of nitrogens with one attached hydrogen (secondary N) is 1. The maximum Gasteiger partial charge on any atom is 0.123 e. The molecule has 0 bridgehead atoms. The number of rotatable bonds is 6. The van der Waals surface area contributed by atoms with Crippen LogP contribution in [0.2, 0.25) is 0 Å². The van der Waals surface area contributed by atoms with Crippen molar-refractivity contribution < 1.29 is 4.39 Å². The summed E-state index contributed by atoms with van der Waals surface area (Å²) >= 11 is 1.77. The molecule has 3 heteroatoms. The first-order valence-electron chi connectivity index (χ1n) is 7.27. The molecule has 2 aromatic rings. The summed E-state index contributed by atoms with van der Waals surface area (Å²) in [6.07, 6.45) is 0. The molecule has 0 atom stereocenters. The van der Waals surface area contributed by atoms with Crippen molar-refractivity contribution in [3.05, 3.63) is 64.5 Å². The van der Waals surface area contributed by atoms with Gasteiger partial charge in [0, 0.05) is 17.2 Å². The van der Waals surface area contributed by atoms with Crippen molar-refractivity contribution in [2.75, 3.05) is 6.54 Å². The van der Waals surface area contributed by atoms with E-state index in [1.54, 1.807) is 23.9 Å². The van der Waals surface area contributed by atoms with Gasteiger partial charge in [0.1, 0.15) is 5.82 Å². The summed E-state index contributed by atoms with van der Waals surface area (Å²) in [5, 5.41) is 3.27. The van der Waals surface area contributed by atoms with E-state index in [1.807, 2.05) is 6.07 Å². The summed E-state index contributed by atoms with van der Waals surface area (Å²) < 4.78 is 13.4. The number of hydrogen-bond donors (Lipinski definition) is 1. The average Bonchev–Trinajstić information content (AvgIpc) is 2.43. The van der Waals surface area contributed by atoms with E-state index >= 15 is 0 Å². The first-order valence-corrected chi connectivity index (χ1v) is 8.26. The highest BCUT2D eigenvalue weighted by Crippen LogP contribution is 2.27. The van der Waals surface area contributed by atoms with E-state index in [0.717, 1.165) is 22.8 Å². The normalized spacial score (nSPS) is 10.9. The molecule has 21 heavy (non-hydrogen) atoms. The first kappa shape index (κ1) is 16.1. The van der Waals surface area contributed by atoms with Crippen LogP contribution >= 0.6 is 11.8 Å². The van der Waals surface area contributed by atoms with Crippen molar-refractivity contribution in [1.29, 1.82) is 0 Å². The second kappa shape index (κ2) is 7.62. The predicted molar refractivity (Wildman–Crippen MR) is 89.3 cm³/mol. The molecular weight excluding hydrogens is 281 g/mol. The van der Waals surface area contributed by atoms with Gasteiger partial charge in [0.05, 0.1) is 0 Å². The van der Waals surface area contributed by atoms with Crippen molar-refractivity contribution in [1.82, 2.24) is 5.32 Å². The van der Waals surface area contributed by atoms with Crippen LogP contribution in [0.15, 0.2) is 41.3 Å². The van der Waals surface area contributed by atoms with Gasteiger partial charge in [-0.2, -0.15) is 0 Å². The largest absolute Gasteiger partial charge is 0.313 e. The number of thioether (sulfide) groups is 1. The maximum atomic E-state index is 13.4. The van der Waals surface area contributed by atoms with Crippen LogP contribution in [-0.4, -0.2) is 6.54 Å². The van der Waals surface area contributed by atoms with Gasteiger partial charge in [-0.15, -0.1) is 11.8 Å². The lowest BCUT2D eigenvalue weighted by Gasteiger charge is -2.11. The van der Waals surface area contributed by atoms with E-state index in [2.05, 4.69) is 44.3 Å². The second-order valence-electron chi connectivity index (χ2n) is 5.32. The molecule has 0 spiro atoms. The Bertz CT molecular complexity index is 590. The van der Waals surface area contributed by atoms with Gasteiger partial charge in [-0.1, -0.05) is 36.2 Å². The molecule has 0 aliphatic heterocycles. The van der Waals surface area contributed by atoms with Crippen molar-refractivity contribution in [3.63, 3.8) is 0 Å². The van der Waals surface area contributed by atoms with Crippen LogP contribution in [0.3, 0.4) is 0 Å². The quantitative estimate of drug-likeness (QED) is 0.766. The van der Waals surface area contributed by atoms with Crippen LogP contribution in [-0.2, 0) is 12.3 Å². The van der Waals surface area contributed by atoms with Gasteiger partial charge in [0.2, 0.25) is 0 Å². The van der Waals surface area contributed by atoms with Gasteiger partial charge in [-0.25, -0.2) is 4.39 Å². The van der Waals surface area contributed by atoms with Crippen LogP contribution in [0.1, 0.15) is 29.2 Å². The van der Waals surface area contributed by atoms with Gasteiger partial charge in [-0.3, -0.25) is 0 Å². The molecule has 0 amide bonds. The smallest absolute Gasteiger partial charge is 0.123 e. The summed E-state index contributed by atoms with van der Waals surface area (Å²) in [7, 11) is 0. The van der Waals surface area contributed by atoms with Crippen molar-refractivity contribution in [3.8, 4) is 0 Å². The molecule has 0 aliphatic rings. The molecule has 0 saturated carbocycles. The molecule has 0 radical (unpaired) electrons. The van der Waals surface area contributed by atoms with E-state index in [9.17, 15) is 4.39 Å². The third-order valence-electron chi connectivity index (χ3n) is 3.26. The zero-order chi connectivity index (χ0) is 15.2. The molecule has 0 fully saturated rings. The Labute approximate surface area is 131 Å². The van der Waals surface area contributed by atoms with E-state index < -0.39 is 0 Å². The van der Waals surface area contributed by atoms with Gasteiger partial charge in [0.15, 0.2) is 0 Å². The molecule has 0 aliphatic carbocycles. The topological polar surface area (TPSA) is 12.0 Å². The fraction of sp³-hybridized carbons (Fsp3) is 0.333. The molecule has 2 aromatic carbocycles. The van der Waals surface area contributed by atoms with Crippen LogP contribution in [0.25, 0.3) is 0 Å². The maximum absolute atomic E-state index is 13.4. The third-order valence-corrected chi connectivity index (χ3v) is 4.45. The lowest BCUT2D eigenvalue weighted by Crippen LogP contribution is -2.12. The summed E-state index contributed by atoms with van der Waals surface area (Å²) in [5.74, 6) is 0.742. The summed E-state index contributed by atoms with van der Waals surface area (Å²) in [6, 6.07) is 11.7. The van der Waals surface area contributed by atoms with Crippen LogP contribution in [0, 0.1) is 19.7 Å². The Morgan fingerprint density at radius 3 is 2.43 bits per heavy atom. The summed E-state index contributed by atoms with van der Waals surface area (Å²) in [6.45, 7) is 7.90. The number of benzene rings is 2. The van der Waals surface area contributed by atoms with Gasteiger partial charge in [-0.05, 0) is 49.7 Å². The Morgan fingerprint density at radius 1 is 1.05 bits per heavy atom. The fourth-order valence-corrected chi connectivity index (χ4v) is 3.37. The highest BCUT2D eigenvalue weighted by atomic mass is 32.2. The van der Waals surface area contributed by atoms with Gasteiger partial charge < -0.3 is 5.32 Å². The van der Waals surface area contributed by atoms with E-state index in [0.29, 0.717) is 6.54 Å². The highest BCUT2D eigenvalue weighted by molar-refractivity contribution is 7.98. The molecule has 1 N–H and O–H groups in total. The van der Waals surface area contributed by atoms with E-state index in [1.165, 1.54) is 16.7 Å². The zero-order valence-corrected chi connectivity index (χ0v) is 13.7. The average molecular weight is 303 g/mol. The Morgan fingerprint density at radius 2 is 1.76 bits per heavy atom. The molecule has 0 aromatic heterocycles. The molecular formula is C18H22FNS. The van der Waals surface area contributed by atoms with Crippen LogP contribution in [0.5, 0.6) is 0 Å². The van der Waals surface area contributed by atoms with Gasteiger partial charge >= 0.3 is 0 Å². The standard InChI is InChI=1S/C18H22FNS/c1-4-20-11-16-10-17(19)5-6-18(16)21-12-15-8-13(2)7-14(3)9-15/h5-10,20H,4,11-12H2,1-3H3. The minimum atomic E-state index is -0.168. The van der Waals surface area contributed by atoms with E-state index in [-0.39, 0.29) is 5.82 Å². The first-order chi connectivity index (χ1) is 10.1. The molecule has 2 rings (SSSR count). The fourth-order valence-electron chi connectivity index (χ4n) is 2.40. The van der Waals surface area contributed by atoms with Crippen LogP contribution < -0.4 is 5.32 Å². The molecule has 0 unspecified atom stereocenters. The van der Waals surface area contributed by atoms with Crippen LogP contribution in [0.4, 0.5) is 4.39 Å². The Kier molecular flexibility index (Phi) is 5.83. The summed E-state index contributed by atoms with van der Waals surface area (Å²) in [5.41, 5.74) is 4.93. The lowest BCUT2D eigenvalue weighted by atomic mass is 10.1. The second-order valence-corrected chi connectivity index (χ2v) is 6.33. The SMILES string of the molecule is CCNCc1cc(F)ccc1SCc1cc(C)cc(C)c1. The monoisotopic (exact) mass is 303 g/mol. The Hall–Kier alpha value is -1.32. The minimum Gasteiger partial charge on any atom is -0.313 e. The number of aryl methyl sites for hydroxylation is 2. The zero-order valence-electron chi connectivity index (χ0n) is 12.9. The minimum absolute atomic E-state index is 0.168. The summed E-state index contributed by atoms with van der Waals surface area (Å²) in [4.78, 5) is 1.15. The van der Waals surface area contributed by atoms with Crippen molar-refractivity contribution >= 4 is 11.8 Å². The number of hydrogen-bond acceptors (Lipinski definition) is 2. The molecule has 0 heterocycles. The molecule has 112 valence electrons. The van der Waals surface area contributed by atoms with Crippen molar-refractivity contribution in [2.45, 2.75) is 38.0 Å². The van der Waals surface area contributed by atoms with Gasteiger partial charge in [0.25, 0.3) is 0 Å². The number of halogens is 1. The third kappa shape index (κ3) is 4.87. The van der Waals surface area contributed by atoms with E-state index in [4.69, 9.17) is 0 Å². The van der Waals surface area contributed by atoms with Crippen molar-refractivity contribution in [2.24, 2.45) is 0 Å². The molecule has 1 nitrogen and oxygen atoms in total. The molecule has 0 saturated heterocycles. The highest BCUT2D eigenvalue weighted by Gasteiger charge is 2.06. The lowest BCUT2D eigenvalue weighted by molar-refractivity contribution is 0.619.